The predicted molar refractivity (Wildman–Crippen MR) is 73.8 cm³/mol. The van der Waals surface area contributed by atoms with Crippen molar-refractivity contribution in [2.75, 3.05) is 20.2 Å². The molecule has 0 fully saturated rings. The second-order valence-electron chi connectivity index (χ2n) is 4.82. The summed E-state index contributed by atoms with van der Waals surface area (Å²) in [4.78, 5) is 2.96. The zero-order valence-corrected chi connectivity index (χ0v) is 11.7. The van der Waals surface area contributed by atoms with Crippen LogP contribution in [-0.4, -0.2) is 20.2 Å². The van der Waals surface area contributed by atoms with Gasteiger partial charge in [0.15, 0.2) is 0 Å². The lowest BCUT2D eigenvalue weighted by atomic mass is 10.0. The summed E-state index contributed by atoms with van der Waals surface area (Å²) in [6, 6.07) is 2.32. The van der Waals surface area contributed by atoms with Crippen LogP contribution in [0.3, 0.4) is 0 Å². The van der Waals surface area contributed by atoms with Gasteiger partial charge in [0.1, 0.15) is 0 Å². The summed E-state index contributed by atoms with van der Waals surface area (Å²) < 4.78 is 6.04. The summed E-state index contributed by atoms with van der Waals surface area (Å²) in [5.41, 5.74) is 1.43. The van der Waals surface area contributed by atoms with Crippen LogP contribution in [0.25, 0.3) is 0 Å². The second-order valence-corrected chi connectivity index (χ2v) is 6.16. The molecule has 2 nitrogen and oxygen atoms in total. The molecule has 0 spiro atoms. The third-order valence-electron chi connectivity index (χ3n) is 3.32. The molecule has 96 valence electrons. The SMILES string of the molecule is CNCC1OCCCCCCc2sc(C)cc21. The molecule has 0 radical (unpaired) electrons. The molecule has 0 aliphatic carbocycles. The van der Waals surface area contributed by atoms with Gasteiger partial charge in [-0.25, -0.2) is 0 Å². The van der Waals surface area contributed by atoms with Crippen LogP contribution in [0, 0.1) is 6.92 Å². The van der Waals surface area contributed by atoms with Crippen molar-refractivity contribution in [2.24, 2.45) is 0 Å². The van der Waals surface area contributed by atoms with Crippen LogP contribution in [-0.2, 0) is 11.2 Å². The minimum atomic E-state index is 0.248. The fourth-order valence-corrected chi connectivity index (χ4v) is 3.59. The van der Waals surface area contributed by atoms with E-state index in [2.05, 4.69) is 18.3 Å². The van der Waals surface area contributed by atoms with Crippen LogP contribution < -0.4 is 5.32 Å². The van der Waals surface area contributed by atoms with E-state index in [0.717, 1.165) is 13.2 Å². The Kier molecular flexibility index (Phi) is 5.01. The second kappa shape index (κ2) is 6.53. The van der Waals surface area contributed by atoms with Crippen molar-refractivity contribution >= 4 is 11.3 Å². The molecule has 1 aliphatic heterocycles. The number of aryl methyl sites for hydroxylation is 2. The molecule has 3 heteroatoms. The van der Waals surface area contributed by atoms with Crippen molar-refractivity contribution in [2.45, 2.75) is 45.1 Å². The monoisotopic (exact) mass is 253 g/mol. The van der Waals surface area contributed by atoms with Gasteiger partial charge in [-0.05, 0) is 44.9 Å². The Labute approximate surface area is 108 Å². The number of ether oxygens (including phenoxy) is 1. The van der Waals surface area contributed by atoms with Gasteiger partial charge >= 0.3 is 0 Å². The first-order chi connectivity index (χ1) is 8.31. The largest absolute Gasteiger partial charge is 0.372 e. The Morgan fingerprint density at radius 1 is 1.35 bits per heavy atom. The van der Waals surface area contributed by atoms with Gasteiger partial charge in [0.2, 0.25) is 0 Å². The Hall–Kier alpha value is -0.380. The Bertz CT molecular complexity index is 348. The summed E-state index contributed by atoms with van der Waals surface area (Å²) in [7, 11) is 2.00. The fourth-order valence-electron chi connectivity index (χ4n) is 2.46. The maximum atomic E-state index is 6.04. The fraction of sp³-hybridized carbons (Fsp3) is 0.714. The maximum Gasteiger partial charge on any atom is 0.0959 e. The van der Waals surface area contributed by atoms with Gasteiger partial charge in [-0.15, -0.1) is 11.3 Å². The van der Waals surface area contributed by atoms with Gasteiger partial charge in [-0.2, -0.15) is 0 Å². The lowest BCUT2D eigenvalue weighted by Gasteiger charge is -2.20. The standard InChI is InChI=1S/C14H23NOS/c1-11-9-12-13(10-15-2)16-8-6-4-3-5-7-14(12)17-11/h9,13,15H,3-8,10H2,1-2H3. The third-order valence-corrected chi connectivity index (χ3v) is 4.44. The van der Waals surface area contributed by atoms with Gasteiger partial charge in [0, 0.05) is 22.9 Å². The van der Waals surface area contributed by atoms with Gasteiger partial charge in [-0.3, -0.25) is 0 Å². The van der Waals surface area contributed by atoms with Gasteiger partial charge in [-0.1, -0.05) is 12.8 Å². The van der Waals surface area contributed by atoms with Crippen LogP contribution in [0.4, 0.5) is 0 Å². The molecule has 1 atom stereocenters. The van der Waals surface area contributed by atoms with E-state index in [1.807, 2.05) is 18.4 Å². The van der Waals surface area contributed by atoms with E-state index < -0.39 is 0 Å². The number of rotatable bonds is 2. The molecule has 0 amide bonds. The Morgan fingerprint density at radius 3 is 3.00 bits per heavy atom. The number of hydrogen-bond acceptors (Lipinski definition) is 3. The van der Waals surface area contributed by atoms with Gasteiger partial charge in [0.25, 0.3) is 0 Å². The van der Waals surface area contributed by atoms with Crippen molar-refractivity contribution in [3.05, 3.63) is 21.4 Å². The molecular formula is C14H23NOS. The molecule has 0 saturated carbocycles. The molecule has 2 rings (SSSR count). The Morgan fingerprint density at radius 2 is 2.18 bits per heavy atom. The maximum absolute atomic E-state index is 6.04. The van der Waals surface area contributed by atoms with E-state index in [-0.39, 0.29) is 6.10 Å². The summed E-state index contributed by atoms with van der Waals surface area (Å²) in [6.45, 7) is 4.03. The van der Waals surface area contributed by atoms with E-state index in [0.29, 0.717) is 0 Å². The molecule has 1 aromatic heterocycles. The van der Waals surface area contributed by atoms with Crippen LogP contribution in [0.5, 0.6) is 0 Å². The van der Waals surface area contributed by atoms with E-state index in [1.165, 1.54) is 42.5 Å². The van der Waals surface area contributed by atoms with Crippen molar-refractivity contribution in [1.82, 2.24) is 5.32 Å². The number of nitrogens with one attached hydrogen (secondary N) is 1. The molecule has 0 aromatic carbocycles. The zero-order valence-electron chi connectivity index (χ0n) is 10.9. The molecule has 17 heavy (non-hydrogen) atoms. The summed E-state index contributed by atoms with van der Waals surface area (Å²) >= 11 is 1.95. The molecule has 0 bridgehead atoms. The number of likely N-dealkylation sites (N-methyl/N-ethyl adjacent to an activating group) is 1. The minimum absolute atomic E-state index is 0.248. The van der Waals surface area contributed by atoms with Gasteiger partial charge < -0.3 is 10.1 Å². The van der Waals surface area contributed by atoms with E-state index in [9.17, 15) is 0 Å². The predicted octanol–water partition coefficient (Wildman–Crippen LogP) is 3.45. The average molecular weight is 253 g/mol. The quantitative estimate of drug-likeness (QED) is 0.871. The van der Waals surface area contributed by atoms with Crippen molar-refractivity contribution < 1.29 is 4.74 Å². The van der Waals surface area contributed by atoms with Crippen LogP contribution in [0.1, 0.15) is 47.1 Å². The van der Waals surface area contributed by atoms with E-state index in [1.54, 1.807) is 4.88 Å². The van der Waals surface area contributed by atoms with Crippen molar-refractivity contribution in [3.63, 3.8) is 0 Å². The topological polar surface area (TPSA) is 21.3 Å². The highest BCUT2D eigenvalue weighted by atomic mass is 32.1. The summed E-state index contributed by atoms with van der Waals surface area (Å²) in [5, 5.41) is 3.25. The zero-order chi connectivity index (χ0) is 12.1. The van der Waals surface area contributed by atoms with Crippen LogP contribution in [0.2, 0.25) is 0 Å². The molecular weight excluding hydrogens is 230 g/mol. The highest BCUT2D eigenvalue weighted by molar-refractivity contribution is 7.12. The van der Waals surface area contributed by atoms with Gasteiger partial charge in [0.05, 0.1) is 6.10 Å². The van der Waals surface area contributed by atoms with Crippen LogP contribution >= 0.6 is 11.3 Å². The molecule has 2 heterocycles. The van der Waals surface area contributed by atoms with E-state index >= 15 is 0 Å². The van der Waals surface area contributed by atoms with E-state index in [4.69, 9.17) is 4.74 Å². The third kappa shape index (κ3) is 3.54. The summed E-state index contributed by atoms with van der Waals surface area (Å²) in [6.07, 6.45) is 6.68. The Balaban J connectivity index is 2.20. The molecule has 0 saturated heterocycles. The normalized spacial score (nSPS) is 22.1. The lowest BCUT2D eigenvalue weighted by Crippen LogP contribution is -2.21. The van der Waals surface area contributed by atoms with Crippen molar-refractivity contribution in [3.8, 4) is 0 Å². The van der Waals surface area contributed by atoms with Crippen molar-refractivity contribution in [1.29, 1.82) is 0 Å². The molecule has 1 unspecified atom stereocenters. The first kappa shape index (κ1) is 13.1. The first-order valence-electron chi connectivity index (χ1n) is 6.66. The molecule has 1 N–H and O–H groups in total. The smallest absolute Gasteiger partial charge is 0.0959 e. The highest BCUT2D eigenvalue weighted by Gasteiger charge is 2.18. The summed E-state index contributed by atoms with van der Waals surface area (Å²) in [5.74, 6) is 0. The first-order valence-corrected chi connectivity index (χ1v) is 7.48. The van der Waals surface area contributed by atoms with Crippen LogP contribution in [0.15, 0.2) is 6.07 Å². The number of thiophene rings is 1. The average Bonchev–Trinajstić information content (AvgIpc) is 2.68. The molecule has 1 aromatic rings. The lowest BCUT2D eigenvalue weighted by molar-refractivity contribution is 0.0501. The number of hydrogen-bond donors (Lipinski definition) is 1. The minimum Gasteiger partial charge on any atom is -0.372 e. The number of fused-ring (bicyclic) bond motifs is 1. The highest BCUT2D eigenvalue weighted by Crippen LogP contribution is 2.31. The molecule has 1 aliphatic rings.